The first-order valence-electron chi connectivity index (χ1n) is 10.2. The highest BCUT2D eigenvalue weighted by Crippen LogP contribution is 2.37. The van der Waals surface area contributed by atoms with Gasteiger partial charge in [0.2, 0.25) is 5.91 Å². The van der Waals surface area contributed by atoms with Crippen molar-refractivity contribution in [3.8, 4) is 0 Å². The van der Waals surface area contributed by atoms with E-state index in [1.54, 1.807) is 61.5 Å². The number of benzene rings is 2. The molecule has 1 atom stereocenters. The summed E-state index contributed by atoms with van der Waals surface area (Å²) in [6.45, 7) is 1.73. The average Bonchev–Trinajstić information content (AvgIpc) is 3.11. The summed E-state index contributed by atoms with van der Waals surface area (Å²) >= 11 is 13.0. The maximum atomic E-state index is 13.3. The summed E-state index contributed by atoms with van der Waals surface area (Å²) < 4.78 is 6.92. The van der Waals surface area contributed by atoms with Crippen LogP contribution in [0.25, 0.3) is 17.5 Å². The van der Waals surface area contributed by atoms with E-state index >= 15 is 0 Å². The van der Waals surface area contributed by atoms with E-state index in [9.17, 15) is 14.4 Å². The summed E-state index contributed by atoms with van der Waals surface area (Å²) in [6, 6.07) is 13.5. The van der Waals surface area contributed by atoms with Crippen LogP contribution in [0.5, 0.6) is 0 Å². The van der Waals surface area contributed by atoms with Gasteiger partial charge in [0.1, 0.15) is 10.5 Å². The SMILES string of the molecule is CCOC(=O)C1=C(N)n2c(sc(=Cc3ccc(Cl)cc3)c2=O)=C(C(N)=O)C1c1ccc(Cl)cc1. The largest absolute Gasteiger partial charge is 0.463 e. The predicted molar refractivity (Wildman–Crippen MR) is 134 cm³/mol. The topological polar surface area (TPSA) is 117 Å². The molecule has 0 bridgehead atoms. The third-order valence-corrected chi connectivity index (χ3v) is 6.89. The molecule has 7 nitrogen and oxygen atoms in total. The summed E-state index contributed by atoms with van der Waals surface area (Å²) in [5.41, 5.74) is 13.0. The van der Waals surface area contributed by atoms with Crippen LogP contribution in [-0.2, 0) is 14.3 Å². The van der Waals surface area contributed by atoms with Gasteiger partial charge in [-0.05, 0) is 48.4 Å². The lowest BCUT2D eigenvalue weighted by atomic mass is 9.83. The first-order chi connectivity index (χ1) is 16.2. The Balaban J connectivity index is 2.08. The predicted octanol–water partition coefficient (Wildman–Crippen LogP) is 2.17. The Bertz CT molecular complexity index is 1500. The van der Waals surface area contributed by atoms with Gasteiger partial charge in [0, 0.05) is 10.0 Å². The Labute approximate surface area is 208 Å². The highest BCUT2D eigenvalue weighted by Gasteiger charge is 2.38. The van der Waals surface area contributed by atoms with Crippen molar-refractivity contribution in [2.75, 3.05) is 6.61 Å². The van der Waals surface area contributed by atoms with E-state index in [4.69, 9.17) is 39.4 Å². The second-order valence-corrected chi connectivity index (χ2v) is 9.29. The Kier molecular flexibility index (Phi) is 6.65. The standard InChI is InChI=1S/C24H19Cl2N3O4S/c1-2-33-24(32)18-17(13-5-9-15(26)10-6-13)19(21(28)30)23-29(20(18)27)22(31)16(34-23)11-12-3-7-14(25)8-4-12/h3-11,17H,2,27H2,1H3,(H2,28,30). The van der Waals surface area contributed by atoms with Crippen LogP contribution in [0.1, 0.15) is 24.0 Å². The second kappa shape index (κ2) is 9.50. The zero-order valence-corrected chi connectivity index (χ0v) is 20.2. The van der Waals surface area contributed by atoms with Crippen LogP contribution in [0, 0.1) is 0 Å². The van der Waals surface area contributed by atoms with Gasteiger partial charge in [-0.1, -0.05) is 47.5 Å². The van der Waals surface area contributed by atoms with Crippen molar-refractivity contribution in [2.24, 2.45) is 11.5 Å². The number of fused-ring (bicyclic) bond motifs is 1. The van der Waals surface area contributed by atoms with Gasteiger partial charge in [0.05, 0.1) is 28.2 Å². The van der Waals surface area contributed by atoms with Crippen molar-refractivity contribution in [3.05, 3.63) is 94.8 Å². The molecule has 2 aromatic carbocycles. The van der Waals surface area contributed by atoms with E-state index in [0.29, 0.717) is 20.1 Å². The quantitative estimate of drug-likeness (QED) is 0.505. The highest BCUT2D eigenvalue weighted by atomic mass is 35.5. The number of nitrogens with two attached hydrogens (primary N) is 2. The first-order valence-corrected chi connectivity index (χ1v) is 11.8. The zero-order valence-electron chi connectivity index (χ0n) is 17.9. The monoisotopic (exact) mass is 515 g/mol. The smallest absolute Gasteiger partial charge is 0.338 e. The lowest BCUT2D eigenvalue weighted by Crippen LogP contribution is -2.42. The van der Waals surface area contributed by atoms with Crippen LogP contribution in [0.2, 0.25) is 10.0 Å². The number of aromatic nitrogens is 1. The number of esters is 1. The number of hydrogen-bond donors (Lipinski definition) is 2. The van der Waals surface area contributed by atoms with Crippen molar-refractivity contribution in [2.45, 2.75) is 12.8 Å². The number of thiazole rings is 1. The van der Waals surface area contributed by atoms with Crippen LogP contribution in [0.3, 0.4) is 0 Å². The maximum Gasteiger partial charge on any atom is 0.338 e. The molecule has 0 fully saturated rings. The molecule has 4 N–H and O–H groups in total. The summed E-state index contributed by atoms with van der Waals surface area (Å²) in [6.07, 6.45) is 1.65. The van der Waals surface area contributed by atoms with E-state index in [0.717, 1.165) is 21.5 Å². The molecule has 1 aliphatic heterocycles. The van der Waals surface area contributed by atoms with Gasteiger partial charge in [-0.25, -0.2) is 4.79 Å². The Hall–Kier alpha value is -3.33. The molecule has 0 spiro atoms. The molecule has 0 radical (unpaired) electrons. The average molecular weight is 516 g/mol. The number of carbonyl (C=O) groups is 2. The Morgan fingerprint density at radius 1 is 1.06 bits per heavy atom. The first kappa shape index (κ1) is 23.8. The number of nitrogens with zero attached hydrogens (tertiary/aromatic N) is 1. The number of rotatable bonds is 5. The van der Waals surface area contributed by atoms with Gasteiger partial charge in [-0.15, -0.1) is 11.3 Å². The van der Waals surface area contributed by atoms with Crippen LogP contribution >= 0.6 is 34.5 Å². The number of hydrogen-bond acceptors (Lipinski definition) is 6. The molecule has 34 heavy (non-hydrogen) atoms. The molecule has 1 aromatic heterocycles. The molecule has 3 aromatic rings. The minimum atomic E-state index is -0.935. The summed E-state index contributed by atoms with van der Waals surface area (Å²) in [5, 5.41) is 1.03. The molecule has 1 aliphatic rings. The van der Waals surface area contributed by atoms with E-state index < -0.39 is 23.4 Å². The minimum absolute atomic E-state index is 0.0385. The van der Waals surface area contributed by atoms with Gasteiger partial charge >= 0.3 is 5.97 Å². The van der Waals surface area contributed by atoms with Crippen molar-refractivity contribution in [3.63, 3.8) is 0 Å². The summed E-state index contributed by atoms with van der Waals surface area (Å²) in [5.74, 6) is -2.58. The zero-order chi connectivity index (χ0) is 24.6. The molecule has 174 valence electrons. The molecule has 1 amide bonds. The summed E-state index contributed by atoms with van der Waals surface area (Å²) in [4.78, 5) is 39.1. The number of amides is 1. The van der Waals surface area contributed by atoms with Gasteiger partial charge in [0.15, 0.2) is 0 Å². The fourth-order valence-electron chi connectivity index (χ4n) is 3.80. The van der Waals surface area contributed by atoms with Gasteiger partial charge in [-0.3, -0.25) is 14.2 Å². The van der Waals surface area contributed by atoms with Crippen LogP contribution < -0.4 is 26.2 Å². The maximum absolute atomic E-state index is 13.3. The Morgan fingerprint density at radius 2 is 1.65 bits per heavy atom. The molecule has 1 unspecified atom stereocenters. The van der Waals surface area contributed by atoms with Gasteiger partial charge in [0.25, 0.3) is 5.56 Å². The van der Waals surface area contributed by atoms with E-state index in [2.05, 4.69) is 0 Å². The van der Waals surface area contributed by atoms with Crippen molar-refractivity contribution >= 4 is 63.9 Å². The van der Waals surface area contributed by atoms with Crippen LogP contribution in [0.4, 0.5) is 0 Å². The lowest BCUT2D eigenvalue weighted by molar-refractivity contribution is -0.138. The molecule has 0 saturated heterocycles. The van der Waals surface area contributed by atoms with Crippen molar-refractivity contribution in [1.29, 1.82) is 0 Å². The van der Waals surface area contributed by atoms with E-state index in [1.165, 1.54) is 0 Å². The third-order valence-electron chi connectivity index (χ3n) is 5.28. The number of carbonyl (C=O) groups excluding carboxylic acids is 2. The molecule has 2 heterocycles. The highest BCUT2D eigenvalue weighted by molar-refractivity contribution is 7.07. The van der Waals surface area contributed by atoms with Crippen molar-refractivity contribution < 1.29 is 14.3 Å². The van der Waals surface area contributed by atoms with E-state index in [-0.39, 0.29) is 28.2 Å². The second-order valence-electron chi connectivity index (χ2n) is 7.39. The van der Waals surface area contributed by atoms with Crippen molar-refractivity contribution in [1.82, 2.24) is 4.57 Å². The molecule has 4 rings (SSSR count). The molecule has 0 saturated carbocycles. The number of ether oxygens (including phenoxy) is 1. The molecule has 10 heteroatoms. The third kappa shape index (κ3) is 4.27. The summed E-state index contributed by atoms with van der Waals surface area (Å²) in [7, 11) is 0. The normalized spacial score (nSPS) is 15.9. The fourth-order valence-corrected chi connectivity index (χ4v) is 5.23. The molecular weight excluding hydrogens is 497 g/mol. The fraction of sp³-hybridized carbons (Fsp3) is 0.125. The minimum Gasteiger partial charge on any atom is -0.463 e. The van der Waals surface area contributed by atoms with Crippen LogP contribution in [0.15, 0.2) is 58.9 Å². The number of halogens is 2. The Morgan fingerprint density at radius 3 is 2.21 bits per heavy atom. The van der Waals surface area contributed by atoms with Crippen LogP contribution in [-0.4, -0.2) is 23.1 Å². The lowest BCUT2D eigenvalue weighted by Gasteiger charge is -2.26. The van der Waals surface area contributed by atoms with E-state index in [1.807, 2.05) is 0 Å². The molecule has 0 aliphatic carbocycles. The van der Waals surface area contributed by atoms with Gasteiger partial charge in [-0.2, -0.15) is 0 Å². The van der Waals surface area contributed by atoms with Gasteiger partial charge < -0.3 is 16.2 Å². The molecular formula is C24H19Cl2N3O4S. The number of primary amides is 1.